The molecule has 4 aromatic rings. The van der Waals surface area contributed by atoms with Crippen LogP contribution in [0.15, 0.2) is 35.5 Å². The molecule has 1 aromatic carbocycles. The van der Waals surface area contributed by atoms with Gasteiger partial charge in [-0.1, -0.05) is 30.0 Å². The molecule has 5 rings (SSSR count). The molecule has 7 nitrogen and oxygen atoms in total. The van der Waals surface area contributed by atoms with Crippen molar-refractivity contribution in [1.82, 2.24) is 14.6 Å². The van der Waals surface area contributed by atoms with Gasteiger partial charge in [-0.15, -0.1) is 21.5 Å². The van der Waals surface area contributed by atoms with Gasteiger partial charge in [-0.3, -0.25) is 9.20 Å². The van der Waals surface area contributed by atoms with E-state index in [1.165, 1.54) is 28.0 Å². The van der Waals surface area contributed by atoms with Crippen LogP contribution in [0.4, 0.5) is 5.00 Å². The number of benzene rings is 1. The molecule has 1 aliphatic carbocycles. The lowest BCUT2D eigenvalue weighted by Gasteiger charge is -2.12. The van der Waals surface area contributed by atoms with Gasteiger partial charge in [0.2, 0.25) is 5.91 Å². The number of nitrogens with one attached hydrogen (secondary N) is 1. The minimum absolute atomic E-state index is 0.161. The van der Waals surface area contributed by atoms with Crippen molar-refractivity contribution >= 4 is 56.5 Å². The molecule has 1 aliphatic rings. The summed E-state index contributed by atoms with van der Waals surface area (Å²) < 4.78 is 7.28. The van der Waals surface area contributed by atoms with Gasteiger partial charge in [0.05, 0.1) is 23.4 Å². The largest absolute Gasteiger partial charge is 0.462 e. The van der Waals surface area contributed by atoms with Gasteiger partial charge in [-0.2, -0.15) is 0 Å². The highest BCUT2D eigenvalue weighted by atomic mass is 32.2. The summed E-state index contributed by atoms with van der Waals surface area (Å²) in [7, 11) is 0. The molecule has 170 valence electrons. The quantitative estimate of drug-likeness (QED) is 0.307. The van der Waals surface area contributed by atoms with Gasteiger partial charge in [0.1, 0.15) is 5.00 Å². The Bertz CT molecular complexity index is 1380. The number of hydrogen-bond acceptors (Lipinski definition) is 7. The topological polar surface area (TPSA) is 85.6 Å². The van der Waals surface area contributed by atoms with Gasteiger partial charge in [0.25, 0.3) is 0 Å². The smallest absolute Gasteiger partial charge is 0.341 e. The number of fused-ring (bicyclic) bond motifs is 4. The number of rotatable bonds is 6. The summed E-state index contributed by atoms with van der Waals surface area (Å²) in [6, 6.07) is 10.2. The summed E-state index contributed by atoms with van der Waals surface area (Å²) in [4.78, 5) is 26.7. The van der Waals surface area contributed by atoms with Crippen LogP contribution in [0, 0.1) is 6.92 Å². The van der Waals surface area contributed by atoms with Gasteiger partial charge in [-0.25, -0.2) is 4.79 Å². The Balaban J connectivity index is 1.38. The number of aromatic nitrogens is 3. The number of carbonyl (C=O) groups excluding carboxylic acids is 2. The Morgan fingerprint density at radius 3 is 2.88 bits per heavy atom. The predicted octanol–water partition coefficient (Wildman–Crippen LogP) is 5.04. The second-order valence-corrected chi connectivity index (χ2v) is 10.0. The average molecular weight is 481 g/mol. The monoisotopic (exact) mass is 480 g/mol. The van der Waals surface area contributed by atoms with Crippen LogP contribution in [-0.4, -0.2) is 38.8 Å². The Morgan fingerprint density at radius 2 is 2.03 bits per heavy atom. The van der Waals surface area contributed by atoms with E-state index in [1.807, 2.05) is 29.5 Å². The fourth-order valence-corrected chi connectivity index (χ4v) is 6.35. The van der Waals surface area contributed by atoms with E-state index >= 15 is 0 Å². The SMILES string of the molecule is CCOC(=O)c1c(NC(=O)CSc2nnc3c(C)cc4ccccc4n23)sc2c1CCCC2. The number of carbonyl (C=O) groups is 2. The molecule has 0 saturated carbocycles. The van der Waals surface area contributed by atoms with Crippen LogP contribution in [0.1, 0.15) is 46.1 Å². The lowest BCUT2D eigenvalue weighted by Crippen LogP contribution is -2.17. The first-order valence-corrected chi connectivity index (χ1v) is 12.8. The summed E-state index contributed by atoms with van der Waals surface area (Å²) >= 11 is 2.83. The molecule has 0 saturated heterocycles. The molecule has 3 aromatic heterocycles. The molecule has 0 radical (unpaired) electrons. The van der Waals surface area contributed by atoms with Crippen molar-refractivity contribution in [1.29, 1.82) is 0 Å². The van der Waals surface area contributed by atoms with Gasteiger partial charge >= 0.3 is 5.97 Å². The van der Waals surface area contributed by atoms with E-state index in [-0.39, 0.29) is 17.6 Å². The maximum atomic E-state index is 12.9. The van der Waals surface area contributed by atoms with Crippen molar-refractivity contribution in [3.8, 4) is 0 Å². The number of nitrogens with zero attached hydrogens (tertiary/aromatic N) is 3. The first-order valence-electron chi connectivity index (χ1n) is 11.0. The number of thioether (sulfide) groups is 1. The van der Waals surface area contributed by atoms with Gasteiger partial charge in [0, 0.05) is 4.88 Å². The van der Waals surface area contributed by atoms with Crippen LogP contribution in [0.25, 0.3) is 16.6 Å². The average Bonchev–Trinajstić information content (AvgIpc) is 3.40. The molecular formula is C24H24N4O3S2. The van der Waals surface area contributed by atoms with Crippen LogP contribution >= 0.6 is 23.1 Å². The third-order valence-electron chi connectivity index (χ3n) is 5.77. The molecule has 1 amide bonds. The molecule has 0 aliphatic heterocycles. The van der Waals surface area contributed by atoms with E-state index < -0.39 is 0 Å². The maximum absolute atomic E-state index is 12.9. The van der Waals surface area contributed by atoms with E-state index in [0.717, 1.165) is 53.4 Å². The molecule has 9 heteroatoms. The van der Waals surface area contributed by atoms with Crippen molar-refractivity contribution in [2.75, 3.05) is 17.7 Å². The van der Waals surface area contributed by atoms with Gasteiger partial charge in [-0.05, 0) is 68.2 Å². The number of para-hydroxylation sites is 1. The Morgan fingerprint density at radius 1 is 1.21 bits per heavy atom. The van der Waals surface area contributed by atoms with Crippen molar-refractivity contribution < 1.29 is 14.3 Å². The molecule has 0 atom stereocenters. The van der Waals surface area contributed by atoms with Gasteiger partial charge < -0.3 is 10.1 Å². The molecule has 0 spiro atoms. The van der Waals surface area contributed by atoms with E-state index in [0.29, 0.717) is 22.3 Å². The highest BCUT2D eigenvalue weighted by Gasteiger charge is 2.27. The normalized spacial score (nSPS) is 13.3. The van der Waals surface area contributed by atoms with E-state index in [2.05, 4.69) is 27.6 Å². The lowest BCUT2D eigenvalue weighted by molar-refractivity contribution is -0.113. The highest BCUT2D eigenvalue weighted by molar-refractivity contribution is 7.99. The minimum atomic E-state index is -0.356. The van der Waals surface area contributed by atoms with Gasteiger partial charge in [0.15, 0.2) is 10.8 Å². The van der Waals surface area contributed by atoms with Crippen LogP contribution in [0.5, 0.6) is 0 Å². The van der Waals surface area contributed by atoms with E-state index in [1.54, 1.807) is 6.92 Å². The third-order valence-corrected chi connectivity index (χ3v) is 7.91. The fourth-order valence-electron chi connectivity index (χ4n) is 4.31. The molecule has 0 bridgehead atoms. The number of aryl methyl sites for hydroxylation is 2. The fraction of sp³-hybridized carbons (Fsp3) is 0.333. The standard InChI is InChI=1S/C24H24N4O3S2/c1-3-31-23(30)20-16-9-5-7-11-18(16)33-22(20)25-19(29)13-32-24-27-26-21-14(2)12-15-8-4-6-10-17(15)28(21)24/h4,6,8,10,12H,3,5,7,9,11,13H2,1-2H3,(H,25,29). The zero-order valence-corrected chi connectivity index (χ0v) is 20.1. The van der Waals surface area contributed by atoms with Crippen molar-refractivity contribution in [3.05, 3.63) is 51.9 Å². The van der Waals surface area contributed by atoms with Crippen LogP contribution in [0.3, 0.4) is 0 Å². The van der Waals surface area contributed by atoms with E-state index in [9.17, 15) is 9.59 Å². The summed E-state index contributed by atoms with van der Waals surface area (Å²) in [5.41, 5.74) is 4.39. The number of ether oxygens (including phenoxy) is 1. The first-order chi connectivity index (χ1) is 16.1. The summed E-state index contributed by atoms with van der Waals surface area (Å²) in [6.07, 6.45) is 3.94. The second kappa shape index (κ2) is 9.15. The van der Waals surface area contributed by atoms with E-state index in [4.69, 9.17) is 4.74 Å². The van der Waals surface area contributed by atoms with Crippen molar-refractivity contribution in [2.45, 2.75) is 44.7 Å². The maximum Gasteiger partial charge on any atom is 0.341 e. The Hall–Kier alpha value is -2.91. The molecular weight excluding hydrogens is 456 g/mol. The number of hydrogen-bond donors (Lipinski definition) is 1. The predicted molar refractivity (Wildman–Crippen MR) is 132 cm³/mol. The molecule has 33 heavy (non-hydrogen) atoms. The van der Waals surface area contributed by atoms with Crippen LogP contribution < -0.4 is 5.32 Å². The summed E-state index contributed by atoms with van der Waals surface area (Å²) in [5.74, 6) is -0.378. The Kier molecular flexibility index (Phi) is 6.07. The van der Waals surface area contributed by atoms with Crippen LogP contribution in [0.2, 0.25) is 0 Å². The molecule has 3 heterocycles. The zero-order chi connectivity index (χ0) is 22.9. The summed E-state index contributed by atoms with van der Waals surface area (Å²) in [5, 5.41) is 14.0. The zero-order valence-electron chi connectivity index (χ0n) is 18.5. The van der Waals surface area contributed by atoms with Crippen LogP contribution in [-0.2, 0) is 22.4 Å². The second-order valence-electron chi connectivity index (χ2n) is 8.00. The van der Waals surface area contributed by atoms with Crippen molar-refractivity contribution in [2.24, 2.45) is 0 Å². The molecule has 0 unspecified atom stereocenters. The Labute approximate surface area is 199 Å². The number of amides is 1. The first kappa shape index (κ1) is 21.9. The number of thiophene rings is 1. The summed E-state index contributed by atoms with van der Waals surface area (Å²) in [6.45, 7) is 4.10. The molecule has 0 fully saturated rings. The number of anilines is 1. The minimum Gasteiger partial charge on any atom is -0.462 e. The third kappa shape index (κ3) is 4.11. The highest BCUT2D eigenvalue weighted by Crippen LogP contribution is 2.38. The number of pyridine rings is 1. The van der Waals surface area contributed by atoms with Crippen molar-refractivity contribution in [3.63, 3.8) is 0 Å². The molecule has 1 N–H and O–H groups in total. The lowest BCUT2D eigenvalue weighted by atomic mass is 9.95. The number of esters is 1.